The lowest BCUT2D eigenvalue weighted by Gasteiger charge is -2.11. The lowest BCUT2D eigenvalue weighted by atomic mass is 10.1. The molecule has 3 rings (SSSR count). The zero-order chi connectivity index (χ0) is 13.2. The number of aromatic nitrogens is 1. The minimum atomic E-state index is 0.504. The Hall–Kier alpha value is -2.55. The van der Waals surface area contributed by atoms with Crippen LogP contribution in [0.3, 0.4) is 0 Å². The summed E-state index contributed by atoms with van der Waals surface area (Å²) in [6, 6.07) is 17.6. The Morgan fingerprint density at radius 3 is 2.26 bits per heavy atom. The van der Waals surface area contributed by atoms with E-state index in [-0.39, 0.29) is 0 Å². The van der Waals surface area contributed by atoms with E-state index in [4.69, 9.17) is 10.5 Å². The summed E-state index contributed by atoms with van der Waals surface area (Å²) in [6.07, 6.45) is 0. The zero-order valence-electron chi connectivity index (χ0n) is 10.6. The number of nitrogens with two attached hydrogens (primary N) is 1. The molecule has 2 N–H and O–H groups in total. The summed E-state index contributed by atoms with van der Waals surface area (Å²) in [4.78, 5) is 4.35. The molecule has 0 amide bonds. The fourth-order valence-corrected chi connectivity index (χ4v) is 2.07. The molecule has 0 fully saturated rings. The van der Waals surface area contributed by atoms with E-state index in [0.29, 0.717) is 11.7 Å². The molecule has 94 valence electrons. The van der Waals surface area contributed by atoms with Gasteiger partial charge in [0.2, 0.25) is 5.88 Å². The molecule has 0 aliphatic rings. The van der Waals surface area contributed by atoms with Crippen LogP contribution in [0.5, 0.6) is 11.6 Å². The summed E-state index contributed by atoms with van der Waals surface area (Å²) in [7, 11) is 0. The van der Waals surface area contributed by atoms with Gasteiger partial charge in [-0.2, -0.15) is 4.98 Å². The van der Waals surface area contributed by atoms with Crippen LogP contribution in [0.1, 0.15) is 5.56 Å². The monoisotopic (exact) mass is 250 g/mol. The Labute approximate surface area is 111 Å². The normalized spacial score (nSPS) is 10.6. The number of ether oxygens (including phenoxy) is 1. The molecule has 19 heavy (non-hydrogen) atoms. The first-order valence-electron chi connectivity index (χ1n) is 6.13. The molecule has 2 aromatic carbocycles. The number of nitrogens with zero attached hydrogens (tertiary/aromatic N) is 1. The van der Waals surface area contributed by atoms with Crippen LogP contribution in [0.15, 0.2) is 54.6 Å². The predicted octanol–water partition coefficient (Wildman–Crippen LogP) is 3.92. The standard InChI is InChI=1S/C16H14N2O/c1-11-13-9-5-6-10-14(13)16(18-15(11)17)19-12-7-3-2-4-8-12/h2-10H,1H3,(H2,17,18). The Balaban J connectivity index is 2.16. The van der Waals surface area contributed by atoms with Crippen molar-refractivity contribution in [3.63, 3.8) is 0 Å². The summed E-state index contributed by atoms with van der Waals surface area (Å²) in [6.45, 7) is 1.97. The summed E-state index contributed by atoms with van der Waals surface area (Å²) < 4.78 is 5.84. The summed E-state index contributed by atoms with van der Waals surface area (Å²) in [5.74, 6) is 1.80. The number of benzene rings is 2. The van der Waals surface area contributed by atoms with Crippen LogP contribution in [0, 0.1) is 6.92 Å². The highest BCUT2D eigenvalue weighted by molar-refractivity contribution is 5.92. The molecular weight excluding hydrogens is 236 g/mol. The van der Waals surface area contributed by atoms with Crippen LogP contribution < -0.4 is 10.5 Å². The van der Waals surface area contributed by atoms with Crippen molar-refractivity contribution in [3.05, 3.63) is 60.2 Å². The van der Waals surface area contributed by atoms with Crippen LogP contribution >= 0.6 is 0 Å². The first-order chi connectivity index (χ1) is 9.25. The van der Waals surface area contributed by atoms with Crippen molar-refractivity contribution in [1.29, 1.82) is 0 Å². The van der Waals surface area contributed by atoms with E-state index in [1.807, 2.05) is 61.5 Å². The smallest absolute Gasteiger partial charge is 0.229 e. The topological polar surface area (TPSA) is 48.1 Å². The Morgan fingerprint density at radius 1 is 0.895 bits per heavy atom. The number of hydrogen-bond donors (Lipinski definition) is 1. The second-order valence-electron chi connectivity index (χ2n) is 4.39. The maximum atomic E-state index is 5.95. The molecule has 3 heteroatoms. The largest absolute Gasteiger partial charge is 0.438 e. The molecule has 0 aliphatic carbocycles. The van der Waals surface area contributed by atoms with Gasteiger partial charge < -0.3 is 10.5 Å². The molecule has 0 bridgehead atoms. The van der Waals surface area contributed by atoms with Crippen molar-refractivity contribution < 1.29 is 4.74 Å². The average molecular weight is 250 g/mol. The fourth-order valence-electron chi connectivity index (χ4n) is 2.07. The van der Waals surface area contributed by atoms with Crippen LogP contribution in [-0.4, -0.2) is 4.98 Å². The van der Waals surface area contributed by atoms with Gasteiger partial charge >= 0.3 is 0 Å². The Kier molecular flexibility index (Phi) is 2.80. The van der Waals surface area contributed by atoms with Crippen molar-refractivity contribution in [2.24, 2.45) is 0 Å². The van der Waals surface area contributed by atoms with Crippen molar-refractivity contribution >= 4 is 16.6 Å². The van der Waals surface area contributed by atoms with Crippen molar-refractivity contribution in [2.45, 2.75) is 6.92 Å². The Bertz CT molecular complexity index is 723. The van der Waals surface area contributed by atoms with Gasteiger partial charge in [0.05, 0.1) is 0 Å². The maximum absolute atomic E-state index is 5.95. The molecule has 0 spiro atoms. The van der Waals surface area contributed by atoms with Gasteiger partial charge in [-0.3, -0.25) is 0 Å². The van der Waals surface area contributed by atoms with Gasteiger partial charge in [0.1, 0.15) is 11.6 Å². The lowest BCUT2D eigenvalue weighted by molar-refractivity contribution is 0.470. The van der Waals surface area contributed by atoms with E-state index in [9.17, 15) is 0 Å². The van der Waals surface area contributed by atoms with Crippen molar-refractivity contribution in [1.82, 2.24) is 4.98 Å². The van der Waals surface area contributed by atoms with E-state index in [2.05, 4.69) is 4.98 Å². The molecule has 3 aromatic rings. The summed E-state index contributed by atoms with van der Waals surface area (Å²) in [5, 5.41) is 2.04. The maximum Gasteiger partial charge on any atom is 0.229 e. The van der Waals surface area contributed by atoms with Crippen molar-refractivity contribution in [2.75, 3.05) is 5.73 Å². The van der Waals surface area contributed by atoms with Gasteiger partial charge in [-0.25, -0.2) is 0 Å². The summed E-state index contributed by atoms with van der Waals surface area (Å²) in [5.41, 5.74) is 6.93. The number of anilines is 1. The SMILES string of the molecule is Cc1c(N)nc(Oc2ccccc2)c2ccccc12. The lowest BCUT2D eigenvalue weighted by Crippen LogP contribution is -1.98. The van der Waals surface area contributed by atoms with Gasteiger partial charge in [-0.15, -0.1) is 0 Å². The number of fused-ring (bicyclic) bond motifs is 1. The molecule has 0 aliphatic heterocycles. The minimum Gasteiger partial charge on any atom is -0.438 e. The number of hydrogen-bond acceptors (Lipinski definition) is 3. The number of para-hydroxylation sites is 1. The van der Waals surface area contributed by atoms with Gasteiger partial charge in [-0.1, -0.05) is 36.4 Å². The van der Waals surface area contributed by atoms with E-state index >= 15 is 0 Å². The van der Waals surface area contributed by atoms with Gasteiger partial charge in [0.15, 0.2) is 0 Å². The second-order valence-corrected chi connectivity index (χ2v) is 4.39. The minimum absolute atomic E-state index is 0.504. The fraction of sp³-hybridized carbons (Fsp3) is 0.0625. The molecule has 0 atom stereocenters. The molecule has 0 saturated carbocycles. The van der Waals surface area contributed by atoms with Gasteiger partial charge in [0.25, 0.3) is 0 Å². The molecule has 0 radical (unpaired) electrons. The third-order valence-corrected chi connectivity index (χ3v) is 3.13. The predicted molar refractivity (Wildman–Crippen MR) is 77.4 cm³/mol. The van der Waals surface area contributed by atoms with E-state index < -0.39 is 0 Å². The highest BCUT2D eigenvalue weighted by Crippen LogP contribution is 2.32. The first-order valence-corrected chi connectivity index (χ1v) is 6.13. The molecular formula is C16H14N2O. The molecule has 3 nitrogen and oxygen atoms in total. The van der Waals surface area contributed by atoms with Crippen molar-refractivity contribution in [3.8, 4) is 11.6 Å². The third kappa shape index (κ3) is 2.10. The Morgan fingerprint density at radius 2 is 1.53 bits per heavy atom. The number of pyridine rings is 1. The highest BCUT2D eigenvalue weighted by Gasteiger charge is 2.10. The van der Waals surface area contributed by atoms with E-state index in [0.717, 1.165) is 22.1 Å². The number of aryl methyl sites for hydroxylation is 1. The quantitative estimate of drug-likeness (QED) is 0.750. The van der Waals surface area contributed by atoms with Gasteiger partial charge in [0, 0.05) is 5.39 Å². The van der Waals surface area contributed by atoms with Gasteiger partial charge in [-0.05, 0) is 36.1 Å². The molecule has 1 heterocycles. The molecule has 1 aromatic heterocycles. The van der Waals surface area contributed by atoms with Crippen LogP contribution in [0.2, 0.25) is 0 Å². The summed E-state index contributed by atoms with van der Waals surface area (Å²) >= 11 is 0. The molecule has 0 saturated heterocycles. The third-order valence-electron chi connectivity index (χ3n) is 3.13. The highest BCUT2D eigenvalue weighted by atomic mass is 16.5. The van der Waals surface area contributed by atoms with Crippen LogP contribution in [0.25, 0.3) is 10.8 Å². The zero-order valence-corrected chi connectivity index (χ0v) is 10.6. The molecule has 0 unspecified atom stereocenters. The second kappa shape index (κ2) is 4.61. The van der Waals surface area contributed by atoms with Crippen LogP contribution in [-0.2, 0) is 0 Å². The van der Waals surface area contributed by atoms with Crippen LogP contribution in [0.4, 0.5) is 5.82 Å². The van der Waals surface area contributed by atoms with E-state index in [1.165, 1.54) is 0 Å². The first kappa shape index (κ1) is 11.5. The average Bonchev–Trinajstić information content (AvgIpc) is 2.46. The number of rotatable bonds is 2. The van der Waals surface area contributed by atoms with E-state index in [1.54, 1.807) is 0 Å². The number of nitrogen functional groups attached to an aromatic ring is 1.